The summed E-state index contributed by atoms with van der Waals surface area (Å²) in [6.45, 7) is 2.39. The van der Waals surface area contributed by atoms with Crippen molar-refractivity contribution in [1.82, 2.24) is 10.2 Å². The van der Waals surface area contributed by atoms with E-state index in [4.69, 9.17) is 0 Å². The van der Waals surface area contributed by atoms with Gasteiger partial charge in [0.25, 0.3) is 0 Å². The highest BCUT2D eigenvalue weighted by Gasteiger charge is 2.19. The van der Waals surface area contributed by atoms with Crippen LogP contribution in [0, 0.1) is 5.82 Å². The van der Waals surface area contributed by atoms with Crippen molar-refractivity contribution >= 4 is 28.8 Å². The van der Waals surface area contributed by atoms with E-state index in [1.807, 2.05) is 17.5 Å². The van der Waals surface area contributed by atoms with Gasteiger partial charge in [0, 0.05) is 17.1 Å². The largest absolute Gasteiger partial charge is 0.354 e. The molecular formula is C18H22FN3O2S. The number of nitrogens with zero attached hydrogens (tertiary/aromatic N) is 1. The highest BCUT2D eigenvalue weighted by atomic mass is 32.1. The van der Waals surface area contributed by atoms with Crippen molar-refractivity contribution in [2.75, 3.05) is 25.5 Å². The summed E-state index contributed by atoms with van der Waals surface area (Å²) in [5.41, 5.74) is 0.521. The maximum Gasteiger partial charge on any atom is 0.238 e. The minimum absolute atomic E-state index is 0.0664. The molecule has 1 aromatic heterocycles. The lowest BCUT2D eigenvalue weighted by molar-refractivity contribution is -0.126. The third kappa shape index (κ3) is 6.28. The molecule has 0 saturated heterocycles. The lowest BCUT2D eigenvalue weighted by Crippen LogP contribution is -2.46. The summed E-state index contributed by atoms with van der Waals surface area (Å²) in [5, 5.41) is 7.57. The SMILES string of the molecule is C[C@H](C(=O)NCCc1cccs1)N(C)CC(=O)Nc1ccc(F)cc1. The molecule has 0 saturated carbocycles. The Balaban J connectivity index is 1.74. The molecule has 2 N–H and O–H groups in total. The molecule has 0 aliphatic heterocycles. The Labute approximate surface area is 150 Å². The van der Waals surface area contributed by atoms with E-state index >= 15 is 0 Å². The molecule has 0 fully saturated rings. The summed E-state index contributed by atoms with van der Waals surface area (Å²) < 4.78 is 12.9. The first-order chi connectivity index (χ1) is 12.0. The van der Waals surface area contributed by atoms with E-state index in [0.717, 1.165) is 6.42 Å². The smallest absolute Gasteiger partial charge is 0.238 e. The van der Waals surface area contributed by atoms with Gasteiger partial charge in [-0.3, -0.25) is 14.5 Å². The summed E-state index contributed by atoms with van der Waals surface area (Å²) >= 11 is 1.66. The van der Waals surface area contributed by atoms with Gasteiger partial charge in [-0.15, -0.1) is 11.3 Å². The normalized spacial score (nSPS) is 12.0. The number of carbonyl (C=O) groups excluding carboxylic acids is 2. The van der Waals surface area contributed by atoms with Crippen molar-refractivity contribution in [3.05, 3.63) is 52.5 Å². The van der Waals surface area contributed by atoms with Crippen molar-refractivity contribution in [2.45, 2.75) is 19.4 Å². The number of hydrogen-bond acceptors (Lipinski definition) is 4. The monoisotopic (exact) mass is 363 g/mol. The highest BCUT2D eigenvalue weighted by molar-refractivity contribution is 7.09. The number of carbonyl (C=O) groups is 2. The van der Waals surface area contributed by atoms with Crippen molar-refractivity contribution in [2.24, 2.45) is 0 Å². The minimum atomic E-state index is -0.428. The summed E-state index contributed by atoms with van der Waals surface area (Å²) in [7, 11) is 1.72. The Bertz CT molecular complexity index is 689. The lowest BCUT2D eigenvalue weighted by Gasteiger charge is -2.23. The van der Waals surface area contributed by atoms with Gasteiger partial charge in [0.15, 0.2) is 0 Å². The van der Waals surface area contributed by atoms with Gasteiger partial charge in [-0.2, -0.15) is 0 Å². The van der Waals surface area contributed by atoms with Crippen LogP contribution in [0.25, 0.3) is 0 Å². The third-order valence-electron chi connectivity index (χ3n) is 3.81. The van der Waals surface area contributed by atoms with Crippen molar-refractivity contribution in [3.8, 4) is 0 Å². The zero-order valence-corrected chi connectivity index (χ0v) is 15.1. The van der Waals surface area contributed by atoms with Crippen LogP contribution in [0.3, 0.4) is 0 Å². The number of likely N-dealkylation sites (N-methyl/N-ethyl adjacent to an activating group) is 1. The predicted molar refractivity (Wildman–Crippen MR) is 98.2 cm³/mol. The molecule has 1 aromatic carbocycles. The molecule has 7 heteroatoms. The molecule has 2 aromatic rings. The first kappa shape index (κ1) is 19.1. The number of hydrogen-bond donors (Lipinski definition) is 2. The molecule has 1 atom stereocenters. The number of nitrogens with one attached hydrogen (secondary N) is 2. The number of thiophene rings is 1. The van der Waals surface area contributed by atoms with Crippen LogP contribution < -0.4 is 10.6 Å². The van der Waals surface area contributed by atoms with E-state index in [1.54, 1.807) is 30.2 Å². The standard InChI is InChI=1S/C18H22FN3O2S/c1-13(18(24)20-10-9-16-4-3-11-25-16)22(2)12-17(23)21-15-7-5-14(19)6-8-15/h3-8,11,13H,9-10,12H2,1-2H3,(H,20,24)(H,21,23)/t13-/m1/s1. The Kier molecular flexibility index (Phi) is 7.09. The Morgan fingerprint density at radius 2 is 1.96 bits per heavy atom. The summed E-state index contributed by atoms with van der Waals surface area (Å²) in [5.74, 6) is -0.732. The Hall–Kier alpha value is -2.25. The molecule has 0 unspecified atom stereocenters. The zero-order chi connectivity index (χ0) is 18.2. The van der Waals surface area contributed by atoms with Crippen LogP contribution in [0.1, 0.15) is 11.8 Å². The van der Waals surface area contributed by atoms with Crippen LogP contribution in [0.15, 0.2) is 41.8 Å². The minimum Gasteiger partial charge on any atom is -0.354 e. The predicted octanol–water partition coefficient (Wildman–Crippen LogP) is 2.50. The quantitative estimate of drug-likeness (QED) is 0.758. The molecule has 5 nitrogen and oxygen atoms in total. The molecule has 0 aliphatic carbocycles. The van der Waals surface area contributed by atoms with Crippen molar-refractivity contribution in [3.63, 3.8) is 0 Å². The number of amides is 2. The molecule has 1 heterocycles. The Morgan fingerprint density at radius 3 is 2.60 bits per heavy atom. The average Bonchev–Trinajstić information content (AvgIpc) is 3.09. The molecule has 134 valence electrons. The molecule has 0 aliphatic rings. The second-order valence-electron chi connectivity index (χ2n) is 5.77. The van der Waals surface area contributed by atoms with Crippen LogP contribution in [0.5, 0.6) is 0 Å². The van der Waals surface area contributed by atoms with Gasteiger partial charge in [-0.25, -0.2) is 4.39 Å². The second kappa shape index (κ2) is 9.29. The van der Waals surface area contributed by atoms with E-state index in [9.17, 15) is 14.0 Å². The first-order valence-corrected chi connectivity index (χ1v) is 8.89. The topological polar surface area (TPSA) is 61.4 Å². The van der Waals surface area contributed by atoms with E-state index in [0.29, 0.717) is 12.2 Å². The van der Waals surface area contributed by atoms with E-state index < -0.39 is 6.04 Å². The van der Waals surface area contributed by atoms with Gasteiger partial charge in [-0.1, -0.05) is 6.07 Å². The van der Waals surface area contributed by atoms with Crippen LogP contribution in [-0.4, -0.2) is 42.9 Å². The molecular weight excluding hydrogens is 341 g/mol. The molecule has 0 spiro atoms. The van der Waals surface area contributed by atoms with E-state index in [2.05, 4.69) is 10.6 Å². The fourth-order valence-corrected chi connectivity index (χ4v) is 2.92. The number of halogens is 1. The van der Waals surface area contributed by atoms with Crippen LogP contribution in [0.4, 0.5) is 10.1 Å². The maximum atomic E-state index is 12.9. The van der Waals surface area contributed by atoms with E-state index in [1.165, 1.54) is 29.1 Å². The number of anilines is 1. The third-order valence-corrected chi connectivity index (χ3v) is 4.75. The molecule has 2 rings (SSSR count). The van der Waals surface area contributed by atoms with Crippen LogP contribution >= 0.6 is 11.3 Å². The lowest BCUT2D eigenvalue weighted by atomic mass is 10.2. The van der Waals surface area contributed by atoms with Gasteiger partial charge in [-0.05, 0) is 56.1 Å². The molecule has 25 heavy (non-hydrogen) atoms. The Morgan fingerprint density at radius 1 is 1.24 bits per heavy atom. The van der Waals surface area contributed by atoms with E-state index in [-0.39, 0.29) is 24.2 Å². The molecule has 0 radical (unpaired) electrons. The summed E-state index contributed by atoms with van der Waals surface area (Å²) in [4.78, 5) is 27.1. The van der Waals surface area contributed by atoms with Gasteiger partial charge in [0.2, 0.25) is 11.8 Å². The fraction of sp³-hybridized carbons (Fsp3) is 0.333. The van der Waals surface area contributed by atoms with Crippen molar-refractivity contribution in [1.29, 1.82) is 0 Å². The van der Waals surface area contributed by atoms with Gasteiger partial charge in [0.05, 0.1) is 12.6 Å². The summed E-state index contributed by atoms with van der Waals surface area (Å²) in [6.07, 6.45) is 0.797. The highest BCUT2D eigenvalue weighted by Crippen LogP contribution is 2.09. The zero-order valence-electron chi connectivity index (χ0n) is 14.3. The van der Waals surface area contributed by atoms with Gasteiger partial charge in [0.1, 0.15) is 5.82 Å². The first-order valence-electron chi connectivity index (χ1n) is 8.01. The molecule has 0 bridgehead atoms. The second-order valence-corrected chi connectivity index (χ2v) is 6.80. The maximum absolute atomic E-state index is 12.9. The average molecular weight is 363 g/mol. The summed E-state index contributed by atoms with van der Waals surface area (Å²) in [6, 6.07) is 9.14. The fourth-order valence-electron chi connectivity index (χ4n) is 2.21. The van der Waals surface area contributed by atoms with Crippen LogP contribution in [-0.2, 0) is 16.0 Å². The van der Waals surface area contributed by atoms with Crippen LogP contribution in [0.2, 0.25) is 0 Å². The van der Waals surface area contributed by atoms with Gasteiger partial charge >= 0.3 is 0 Å². The number of rotatable bonds is 8. The van der Waals surface area contributed by atoms with Crippen molar-refractivity contribution < 1.29 is 14.0 Å². The molecule has 2 amide bonds. The number of benzene rings is 1. The van der Waals surface area contributed by atoms with Gasteiger partial charge < -0.3 is 10.6 Å².